The standard InChI is InChI=1S/C21H16FN3O3/c22-15-7-5-13(6-8-15)9-10-25-20(27)17(19(26)24-21(25)28)11-14-12-23-18-4-2-1-3-16(14)18/h1-8,11-12,27H,9-10H2,(H,24,26,28)/b14-11+. The van der Waals surface area contributed by atoms with Gasteiger partial charge < -0.3 is 5.11 Å². The minimum atomic E-state index is -0.702. The molecule has 0 radical (unpaired) electrons. The van der Waals surface area contributed by atoms with E-state index in [1.807, 2.05) is 24.3 Å². The third kappa shape index (κ3) is 3.29. The number of para-hydroxylation sites is 1. The minimum Gasteiger partial charge on any atom is -0.494 e. The third-order valence-electron chi connectivity index (χ3n) is 4.60. The molecule has 140 valence electrons. The molecule has 1 aliphatic rings. The molecule has 4 rings (SSSR count). The van der Waals surface area contributed by atoms with Gasteiger partial charge in [0.15, 0.2) is 0 Å². The molecule has 1 aliphatic heterocycles. The second kappa shape index (κ2) is 7.11. The summed E-state index contributed by atoms with van der Waals surface area (Å²) in [7, 11) is 0. The van der Waals surface area contributed by atoms with Crippen molar-refractivity contribution in [3.8, 4) is 5.88 Å². The first kappa shape index (κ1) is 17.7. The van der Waals surface area contributed by atoms with Gasteiger partial charge in [0.2, 0.25) is 5.88 Å². The van der Waals surface area contributed by atoms with Crippen molar-refractivity contribution < 1.29 is 9.50 Å². The number of allylic oxidation sites excluding steroid dienone is 1. The highest BCUT2D eigenvalue weighted by Crippen LogP contribution is 2.32. The number of hydrogen-bond acceptors (Lipinski definition) is 4. The minimum absolute atomic E-state index is 0.0168. The van der Waals surface area contributed by atoms with E-state index in [9.17, 15) is 19.1 Å². The lowest BCUT2D eigenvalue weighted by Gasteiger charge is -2.10. The normalized spacial score (nSPS) is 13.8. The van der Waals surface area contributed by atoms with Gasteiger partial charge in [-0.05, 0) is 36.3 Å². The van der Waals surface area contributed by atoms with E-state index in [1.54, 1.807) is 18.3 Å². The Morgan fingerprint density at radius 3 is 2.64 bits per heavy atom. The Morgan fingerprint density at radius 1 is 1.11 bits per heavy atom. The molecule has 0 atom stereocenters. The Kier molecular flexibility index (Phi) is 4.49. The first-order chi connectivity index (χ1) is 13.5. The third-order valence-corrected chi connectivity index (χ3v) is 4.60. The molecule has 1 aromatic heterocycles. The number of H-pyrrole nitrogens is 1. The zero-order chi connectivity index (χ0) is 19.7. The van der Waals surface area contributed by atoms with E-state index in [4.69, 9.17) is 0 Å². The molecule has 0 fully saturated rings. The Bertz CT molecular complexity index is 1220. The lowest BCUT2D eigenvalue weighted by Crippen LogP contribution is -2.32. The molecule has 0 aliphatic carbocycles. The molecule has 0 bridgehead atoms. The number of aliphatic imine (C=N–C) groups is 1. The molecule has 2 aromatic carbocycles. The van der Waals surface area contributed by atoms with Crippen molar-refractivity contribution in [3.05, 3.63) is 91.9 Å². The molecule has 0 amide bonds. The molecule has 7 heteroatoms. The summed E-state index contributed by atoms with van der Waals surface area (Å²) in [6, 6.07) is 13.3. The van der Waals surface area contributed by atoms with Crippen molar-refractivity contribution in [2.75, 3.05) is 0 Å². The van der Waals surface area contributed by atoms with Crippen LogP contribution in [0.15, 0.2) is 63.1 Å². The van der Waals surface area contributed by atoms with E-state index >= 15 is 0 Å². The average Bonchev–Trinajstić information content (AvgIpc) is 3.09. The molecule has 0 saturated heterocycles. The molecular weight excluding hydrogens is 361 g/mol. The molecule has 6 nitrogen and oxygen atoms in total. The summed E-state index contributed by atoms with van der Waals surface area (Å²) in [4.78, 5) is 30.9. The number of nitrogens with zero attached hydrogens (tertiary/aromatic N) is 2. The summed E-state index contributed by atoms with van der Waals surface area (Å²) in [5.41, 5.74) is 1.69. The van der Waals surface area contributed by atoms with Crippen LogP contribution in [0.4, 0.5) is 10.1 Å². The van der Waals surface area contributed by atoms with Crippen LogP contribution in [0, 0.1) is 5.82 Å². The maximum atomic E-state index is 13.0. The molecule has 2 heterocycles. The number of aromatic hydroxyl groups is 1. The lowest BCUT2D eigenvalue weighted by atomic mass is 10.1. The van der Waals surface area contributed by atoms with Crippen LogP contribution in [0.3, 0.4) is 0 Å². The predicted molar refractivity (Wildman–Crippen MR) is 106 cm³/mol. The van der Waals surface area contributed by atoms with Crippen molar-refractivity contribution in [1.29, 1.82) is 0 Å². The van der Waals surface area contributed by atoms with Crippen molar-refractivity contribution in [2.45, 2.75) is 13.0 Å². The number of aromatic amines is 1. The quantitative estimate of drug-likeness (QED) is 0.733. The summed E-state index contributed by atoms with van der Waals surface area (Å²) in [5.74, 6) is -0.763. The van der Waals surface area contributed by atoms with Gasteiger partial charge in [-0.25, -0.2) is 9.18 Å². The first-order valence-electron chi connectivity index (χ1n) is 8.68. The topological polar surface area (TPSA) is 87.5 Å². The Hall–Kier alpha value is -3.74. The van der Waals surface area contributed by atoms with E-state index in [0.29, 0.717) is 12.0 Å². The monoisotopic (exact) mass is 377 g/mol. The van der Waals surface area contributed by atoms with Crippen molar-refractivity contribution in [1.82, 2.24) is 9.55 Å². The van der Waals surface area contributed by atoms with Gasteiger partial charge in [0.05, 0.1) is 5.69 Å². The summed E-state index contributed by atoms with van der Waals surface area (Å²) in [6.07, 6.45) is 3.51. The number of nitrogens with one attached hydrogen (secondary N) is 1. The van der Waals surface area contributed by atoms with Gasteiger partial charge in [-0.1, -0.05) is 30.3 Å². The van der Waals surface area contributed by atoms with E-state index in [1.165, 1.54) is 18.2 Å². The van der Waals surface area contributed by atoms with Crippen LogP contribution >= 0.6 is 0 Å². The number of fused-ring (bicyclic) bond motifs is 1. The van der Waals surface area contributed by atoms with E-state index in [0.717, 1.165) is 21.4 Å². The molecule has 0 saturated carbocycles. The van der Waals surface area contributed by atoms with Crippen molar-refractivity contribution in [3.63, 3.8) is 0 Å². The number of hydrogen-bond donors (Lipinski definition) is 2. The number of aryl methyl sites for hydroxylation is 1. The highest BCUT2D eigenvalue weighted by molar-refractivity contribution is 6.21. The number of benzene rings is 2. The lowest BCUT2D eigenvalue weighted by molar-refractivity contribution is 0.399. The van der Waals surface area contributed by atoms with Crippen LogP contribution in [0.2, 0.25) is 0 Å². The fraction of sp³-hybridized carbons (Fsp3) is 0.0952. The van der Waals surface area contributed by atoms with Crippen LogP contribution < -0.4 is 11.2 Å². The van der Waals surface area contributed by atoms with E-state index in [2.05, 4.69) is 9.98 Å². The second-order valence-corrected chi connectivity index (χ2v) is 6.40. The van der Waals surface area contributed by atoms with Gasteiger partial charge in [0.25, 0.3) is 5.56 Å². The van der Waals surface area contributed by atoms with E-state index < -0.39 is 17.1 Å². The summed E-state index contributed by atoms with van der Waals surface area (Å²) in [6.45, 7) is 0.133. The maximum absolute atomic E-state index is 13.0. The number of halogens is 1. The molecule has 28 heavy (non-hydrogen) atoms. The van der Waals surface area contributed by atoms with Crippen molar-refractivity contribution >= 4 is 23.6 Å². The Morgan fingerprint density at radius 2 is 1.86 bits per heavy atom. The molecule has 0 spiro atoms. The van der Waals surface area contributed by atoms with Gasteiger partial charge in [-0.2, -0.15) is 0 Å². The van der Waals surface area contributed by atoms with E-state index in [-0.39, 0.29) is 17.9 Å². The summed E-state index contributed by atoms with van der Waals surface area (Å²) < 4.78 is 14.1. The molecular formula is C21H16FN3O3. The van der Waals surface area contributed by atoms with Crippen LogP contribution in [0.25, 0.3) is 11.6 Å². The summed E-state index contributed by atoms with van der Waals surface area (Å²) >= 11 is 0. The van der Waals surface area contributed by atoms with Crippen LogP contribution in [-0.4, -0.2) is 20.9 Å². The van der Waals surface area contributed by atoms with Gasteiger partial charge in [-0.3, -0.25) is 19.3 Å². The molecule has 3 aromatic rings. The Labute approximate surface area is 159 Å². The zero-order valence-corrected chi connectivity index (χ0v) is 14.7. The average molecular weight is 377 g/mol. The highest BCUT2D eigenvalue weighted by atomic mass is 19.1. The van der Waals surface area contributed by atoms with Crippen LogP contribution in [-0.2, 0) is 13.0 Å². The predicted octanol–water partition coefficient (Wildman–Crippen LogP) is 2.88. The molecule has 2 N–H and O–H groups in total. The maximum Gasteiger partial charge on any atom is 0.331 e. The van der Waals surface area contributed by atoms with Gasteiger partial charge in [-0.15, -0.1) is 0 Å². The van der Waals surface area contributed by atoms with Gasteiger partial charge in [0, 0.05) is 23.9 Å². The van der Waals surface area contributed by atoms with Crippen LogP contribution in [0.5, 0.6) is 5.88 Å². The van der Waals surface area contributed by atoms with Crippen LogP contribution in [0.1, 0.15) is 16.7 Å². The first-order valence-corrected chi connectivity index (χ1v) is 8.68. The fourth-order valence-corrected chi connectivity index (χ4v) is 3.11. The SMILES string of the molecule is O=c1[nH]c(=O)n(CCc2ccc(F)cc2)c(O)c1/C=C1\C=Nc2ccccc21. The fourth-order valence-electron chi connectivity index (χ4n) is 3.11. The smallest absolute Gasteiger partial charge is 0.331 e. The van der Waals surface area contributed by atoms with Gasteiger partial charge in [0.1, 0.15) is 11.4 Å². The summed E-state index contributed by atoms with van der Waals surface area (Å²) in [5, 5.41) is 10.6. The van der Waals surface area contributed by atoms with Gasteiger partial charge >= 0.3 is 5.69 Å². The zero-order valence-electron chi connectivity index (χ0n) is 14.7. The van der Waals surface area contributed by atoms with Crippen molar-refractivity contribution in [2.24, 2.45) is 4.99 Å². The largest absolute Gasteiger partial charge is 0.494 e. The highest BCUT2D eigenvalue weighted by Gasteiger charge is 2.16. The number of aromatic nitrogens is 2. The number of rotatable bonds is 4. The second-order valence-electron chi connectivity index (χ2n) is 6.40. The molecule has 0 unspecified atom stereocenters. The Balaban J connectivity index is 1.70.